The van der Waals surface area contributed by atoms with Crippen LogP contribution in [0, 0.1) is 27.4 Å². The van der Waals surface area contributed by atoms with Gasteiger partial charge in [0.05, 0.1) is 16.9 Å². The Balaban J connectivity index is 1.33. The highest BCUT2D eigenvalue weighted by molar-refractivity contribution is 5.97. The molecule has 0 amide bonds. The van der Waals surface area contributed by atoms with E-state index in [1.165, 1.54) is 6.20 Å². The molecule has 4 fully saturated rings. The van der Waals surface area contributed by atoms with Crippen LogP contribution in [0.3, 0.4) is 0 Å². The lowest BCUT2D eigenvalue weighted by molar-refractivity contribution is -0.385. The van der Waals surface area contributed by atoms with Crippen LogP contribution in [0.2, 0.25) is 0 Å². The number of benzene rings is 1. The van der Waals surface area contributed by atoms with Crippen LogP contribution in [0.5, 0.6) is 0 Å². The first-order valence-corrected chi connectivity index (χ1v) is 10.6. The fraction of sp³-hybridized carbons (Fsp3) is 0.500. The normalized spacial score (nSPS) is 31.5. The Morgan fingerprint density at radius 2 is 1.97 bits per heavy atom. The van der Waals surface area contributed by atoms with Crippen LogP contribution < -0.4 is 5.73 Å². The van der Waals surface area contributed by atoms with Gasteiger partial charge < -0.3 is 10.6 Å². The van der Waals surface area contributed by atoms with Gasteiger partial charge in [0.2, 0.25) is 0 Å². The molecule has 4 bridgehead atoms. The smallest absolute Gasteiger partial charge is 0.335 e. The Kier molecular flexibility index (Phi) is 4.56. The maximum atomic E-state index is 12.7. The van der Waals surface area contributed by atoms with Gasteiger partial charge >= 0.3 is 11.7 Å². The highest BCUT2D eigenvalue weighted by Gasteiger charge is 2.59. The number of rotatable bonds is 6. The van der Waals surface area contributed by atoms with Crippen molar-refractivity contribution in [1.29, 1.82) is 0 Å². The van der Waals surface area contributed by atoms with Crippen molar-refractivity contribution in [3.63, 3.8) is 0 Å². The van der Waals surface area contributed by atoms with E-state index in [2.05, 4.69) is 10.3 Å². The quantitative estimate of drug-likeness (QED) is 0.250. The highest BCUT2D eigenvalue weighted by atomic mass is 16.7. The number of aromatic nitrogens is 2. The van der Waals surface area contributed by atoms with Gasteiger partial charge in [-0.05, 0) is 55.8 Å². The minimum Gasteiger partial charge on any atom is -0.380 e. The third-order valence-electron chi connectivity index (χ3n) is 7.25. The number of nitrogens with two attached hydrogens (primary N) is 1. The van der Waals surface area contributed by atoms with E-state index in [9.17, 15) is 14.9 Å². The van der Waals surface area contributed by atoms with Gasteiger partial charge in [-0.2, -0.15) is 5.10 Å². The molecule has 2 N–H and O–H groups in total. The van der Waals surface area contributed by atoms with E-state index in [4.69, 9.17) is 10.6 Å². The number of amidine groups is 1. The standard InChI is InChI=1S/C22H25N5O4/c23-20(17-4-2-1-3-5-17)25-31-19(28)11-21-7-15-6-16(8-21)10-22(9-15,14-21)26-13-18(12-24-26)27(29)30/h1-5,12-13,15-16H,6-11,14H2,(H2,23,25). The van der Waals surface area contributed by atoms with Gasteiger partial charge in [-0.15, -0.1) is 0 Å². The molecule has 9 nitrogen and oxygen atoms in total. The summed E-state index contributed by atoms with van der Waals surface area (Å²) in [6.07, 6.45) is 8.93. The van der Waals surface area contributed by atoms with Crippen molar-refractivity contribution in [1.82, 2.24) is 9.78 Å². The second kappa shape index (κ2) is 7.18. The van der Waals surface area contributed by atoms with Crippen molar-refractivity contribution in [2.75, 3.05) is 0 Å². The van der Waals surface area contributed by atoms with Crippen LogP contribution in [0.1, 0.15) is 50.5 Å². The van der Waals surface area contributed by atoms with Crippen molar-refractivity contribution < 1.29 is 14.6 Å². The van der Waals surface area contributed by atoms with E-state index in [1.807, 2.05) is 18.2 Å². The zero-order valence-electron chi connectivity index (χ0n) is 17.1. The number of hydrogen-bond acceptors (Lipinski definition) is 6. The largest absolute Gasteiger partial charge is 0.380 e. The fourth-order valence-electron chi connectivity index (χ4n) is 6.64. The van der Waals surface area contributed by atoms with Gasteiger partial charge in [0.25, 0.3) is 0 Å². The summed E-state index contributed by atoms with van der Waals surface area (Å²) in [6.45, 7) is 0. The Hall–Kier alpha value is -3.23. The summed E-state index contributed by atoms with van der Waals surface area (Å²) in [5.74, 6) is 0.771. The Morgan fingerprint density at radius 1 is 1.26 bits per heavy atom. The molecule has 162 valence electrons. The summed E-state index contributed by atoms with van der Waals surface area (Å²) >= 11 is 0. The molecule has 0 aliphatic heterocycles. The highest BCUT2D eigenvalue weighted by Crippen LogP contribution is 2.65. The molecule has 4 aliphatic rings. The molecule has 2 aromatic rings. The molecular formula is C22H25N5O4. The average Bonchev–Trinajstić information content (AvgIpc) is 3.23. The zero-order valence-corrected chi connectivity index (χ0v) is 17.1. The Morgan fingerprint density at radius 3 is 2.61 bits per heavy atom. The molecule has 1 aromatic heterocycles. The summed E-state index contributed by atoms with van der Waals surface area (Å²) in [5.41, 5.74) is 6.20. The van der Waals surface area contributed by atoms with E-state index >= 15 is 0 Å². The molecule has 9 heteroatoms. The second-order valence-corrected chi connectivity index (χ2v) is 9.57. The third kappa shape index (κ3) is 3.58. The molecule has 2 atom stereocenters. The van der Waals surface area contributed by atoms with Crippen LogP contribution in [0.15, 0.2) is 47.9 Å². The monoisotopic (exact) mass is 423 g/mol. The molecule has 4 saturated carbocycles. The van der Waals surface area contributed by atoms with Gasteiger partial charge in [0, 0.05) is 5.56 Å². The fourth-order valence-corrected chi connectivity index (χ4v) is 6.64. The van der Waals surface area contributed by atoms with E-state index in [0.717, 1.165) is 38.5 Å². The van der Waals surface area contributed by atoms with Crippen LogP contribution in [0.4, 0.5) is 5.69 Å². The molecule has 0 radical (unpaired) electrons. The van der Waals surface area contributed by atoms with Crippen molar-refractivity contribution >= 4 is 17.5 Å². The van der Waals surface area contributed by atoms with Crippen LogP contribution in [0.25, 0.3) is 0 Å². The van der Waals surface area contributed by atoms with Crippen LogP contribution in [-0.2, 0) is 15.2 Å². The molecule has 2 unspecified atom stereocenters. The van der Waals surface area contributed by atoms with Gasteiger partial charge in [0.1, 0.15) is 12.4 Å². The summed E-state index contributed by atoms with van der Waals surface area (Å²) < 4.78 is 1.80. The van der Waals surface area contributed by atoms with Crippen molar-refractivity contribution in [3.8, 4) is 0 Å². The molecule has 1 heterocycles. The maximum Gasteiger partial charge on any atom is 0.335 e. The summed E-state index contributed by atoms with van der Waals surface area (Å²) in [6, 6.07) is 9.17. The maximum absolute atomic E-state index is 12.7. The Labute approximate surface area is 179 Å². The summed E-state index contributed by atoms with van der Waals surface area (Å²) in [7, 11) is 0. The Bertz CT molecular complexity index is 1030. The first-order valence-electron chi connectivity index (χ1n) is 10.6. The molecule has 1 aromatic carbocycles. The van der Waals surface area contributed by atoms with Crippen molar-refractivity contribution in [3.05, 3.63) is 58.4 Å². The van der Waals surface area contributed by atoms with Crippen molar-refractivity contribution in [2.45, 2.75) is 50.5 Å². The van der Waals surface area contributed by atoms with Gasteiger partial charge in [-0.3, -0.25) is 14.8 Å². The van der Waals surface area contributed by atoms with E-state index in [-0.39, 0.29) is 34.9 Å². The second-order valence-electron chi connectivity index (χ2n) is 9.57. The molecule has 4 aliphatic carbocycles. The molecule has 31 heavy (non-hydrogen) atoms. The van der Waals surface area contributed by atoms with E-state index in [0.29, 0.717) is 17.4 Å². The van der Waals surface area contributed by atoms with Gasteiger partial charge in [-0.25, -0.2) is 4.79 Å². The van der Waals surface area contributed by atoms with E-state index < -0.39 is 4.92 Å². The van der Waals surface area contributed by atoms with Crippen LogP contribution >= 0.6 is 0 Å². The first-order chi connectivity index (χ1) is 14.9. The lowest BCUT2D eigenvalue weighted by Gasteiger charge is -2.61. The predicted molar refractivity (Wildman–Crippen MR) is 112 cm³/mol. The molecule has 0 saturated heterocycles. The summed E-state index contributed by atoms with van der Waals surface area (Å²) in [5, 5.41) is 19.3. The first kappa shape index (κ1) is 19.7. The molecule has 0 spiro atoms. The lowest BCUT2D eigenvalue weighted by atomic mass is 9.46. The lowest BCUT2D eigenvalue weighted by Crippen LogP contribution is -2.57. The number of carbonyl (C=O) groups is 1. The SMILES string of the molecule is N/C(=N\OC(=O)CC12CC3CC(C1)CC(n1cc([N+](=O)[O-])cn1)(C3)C2)c1ccccc1. The predicted octanol–water partition coefficient (Wildman–Crippen LogP) is 3.34. The average molecular weight is 423 g/mol. The minimum absolute atomic E-state index is 0.00919. The van der Waals surface area contributed by atoms with E-state index in [1.54, 1.807) is 23.0 Å². The topological polar surface area (TPSA) is 126 Å². The van der Waals surface area contributed by atoms with Crippen LogP contribution in [-0.4, -0.2) is 26.5 Å². The minimum atomic E-state index is -0.410. The number of nitrogens with zero attached hydrogens (tertiary/aromatic N) is 4. The molecule has 6 rings (SSSR count). The zero-order chi connectivity index (χ0) is 21.6. The van der Waals surface area contributed by atoms with Gasteiger partial charge in [-0.1, -0.05) is 35.5 Å². The van der Waals surface area contributed by atoms with Gasteiger partial charge in [0.15, 0.2) is 5.84 Å². The number of hydrogen-bond donors (Lipinski definition) is 1. The number of carbonyl (C=O) groups excluding carboxylic acids is 1. The van der Waals surface area contributed by atoms with Crippen molar-refractivity contribution in [2.24, 2.45) is 28.1 Å². The number of oxime groups is 1. The summed E-state index contributed by atoms with van der Waals surface area (Å²) in [4.78, 5) is 28.6. The third-order valence-corrected chi connectivity index (χ3v) is 7.25. The molecular weight excluding hydrogens is 398 g/mol. The number of nitro groups is 1.